The van der Waals surface area contributed by atoms with Gasteiger partial charge in [0.15, 0.2) is 5.16 Å². The number of hydrogen-bond acceptors (Lipinski definition) is 4. The fraction of sp³-hybridized carbons (Fsp3) is 0.192. The Morgan fingerprint density at radius 3 is 2.58 bits per heavy atom. The lowest BCUT2D eigenvalue weighted by atomic mass is 10.1. The fourth-order valence-corrected chi connectivity index (χ4v) is 4.73. The summed E-state index contributed by atoms with van der Waals surface area (Å²) < 4.78 is 40.1. The zero-order chi connectivity index (χ0) is 25.7. The first kappa shape index (κ1) is 25.8. The highest BCUT2D eigenvalue weighted by Gasteiger charge is 2.30. The van der Waals surface area contributed by atoms with Crippen molar-refractivity contribution in [2.75, 3.05) is 5.75 Å². The summed E-state index contributed by atoms with van der Waals surface area (Å²) in [6, 6.07) is 18.9. The minimum Gasteiger partial charge on any atom is -0.352 e. The maximum absolute atomic E-state index is 13.2. The fourth-order valence-electron chi connectivity index (χ4n) is 3.59. The molecular formula is C26H21ClF3N3O2S. The van der Waals surface area contributed by atoms with Gasteiger partial charge in [0, 0.05) is 23.7 Å². The Labute approximate surface area is 214 Å². The zero-order valence-corrected chi connectivity index (χ0v) is 20.5. The standard InChI is InChI=1S/C26H21ClF3N3O2S/c27-19-8-4-9-20(15-19)33-24(35)21-10-1-2-11-22(21)32-25(33)36-13-5-12-23(34)31-16-17-6-3-7-18(14-17)26(28,29)30/h1-4,6-11,14-15H,5,12-13,16H2,(H,31,34). The third-order valence-corrected chi connectivity index (χ3v) is 6.59. The highest BCUT2D eigenvalue weighted by atomic mass is 35.5. The molecule has 186 valence electrons. The van der Waals surface area contributed by atoms with Crippen molar-refractivity contribution in [3.63, 3.8) is 0 Å². The molecule has 1 amide bonds. The number of rotatable bonds is 8. The molecule has 36 heavy (non-hydrogen) atoms. The molecule has 1 aromatic heterocycles. The molecule has 0 aliphatic rings. The molecule has 1 heterocycles. The maximum Gasteiger partial charge on any atom is 0.416 e. The third kappa shape index (κ3) is 6.27. The molecule has 0 aliphatic carbocycles. The lowest BCUT2D eigenvalue weighted by Crippen LogP contribution is -2.23. The lowest BCUT2D eigenvalue weighted by Gasteiger charge is -2.13. The summed E-state index contributed by atoms with van der Waals surface area (Å²) in [5.74, 6) is 0.231. The summed E-state index contributed by atoms with van der Waals surface area (Å²) in [6.07, 6.45) is -3.77. The minimum absolute atomic E-state index is 0.0104. The van der Waals surface area contributed by atoms with E-state index >= 15 is 0 Å². The van der Waals surface area contributed by atoms with Crippen LogP contribution in [0.3, 0.4) is 0 Å². The number of carbonyl (C=O) groups excluding carboxylic acids is 1. The van der Waals surface area contributed by atoms with Gasteiger partial charge in [-0.2, -0.15) is 13.2 Å². The SMILES string of the molecule is O=C(CCCSc1nc2ccccc2c(=O)n1-c1cccc(Cl)c1)NCc1cccc(C(F)(F)F)c1. The molecule has 0 radical (unpaired) electrons. The smallest absolute Gasteiger partial charge is 0.352 e. The maximum atomic E-state index is 13.2. The molecule has 5 nitrogen and oxygen atoms in total. The van der Waals surface area contributed by atoms with Crippen LogP contribution in [0.15, 0.2) is 82.7 Å². The van der Waals surface area contributed by atoms with Crippen molar-refractivity contribution >= 4 is 40.2 Å². The molecule has 0 spiro atoms. The second kappa shape index (κ2) is 11.2. The van der Waals surface area contributed by atoms with Gasteiger partial charge in [-0.05, 0) is 54.4 Å². The van der Waals surface area contributed by atoms with Crippen LogP contribution in [-0.2, 0) is 17.5 Å². The van der Waals surface area contributed by atoms with Crippen molar-refractivity contribution < 1.29 is 18.0 Å². The summed E-state index contributed by atoms with van der Waals surface area (Å²) in [5, 5.41) is 4.10. The van der Waals surface area contributed by atoms with Gasteiger partial charge < -0.3 is 5.32 Å². The Morgan fingerprint density at radius 2 is 1.81 bits per heavy atom. The number of nitrogens with zero attached hydrogens (tertiary/aromatic N) is 2. The van der Waals surface area contributed by atoms with Gasteiger partial charge in [0.2, 0.25) is 5.91 Å². The van der Waals surface area contributed by atoms with Gasteiger partial charge in [-0.25, -0.2) is 4.98 Å². The van der Waals surface area contributed by atoms with Gasteiger partial charge in [0.1, 0.15) is 0 Å². The van der Waals surface area contributed by atoms with Gasteiger partial charge in [-0.1, -0.05) is 53.7 Å². The Morgan fingerprint density at radius 1 is 1.03 bits per heavy atom. The van der Waals surface area contributed by atoms with Crippen molar-refractivity contribution in [1.82, 2.24) is 14.9 Å². The normalized spacial score (nSPS) is 11.6. The molecule has 0 fully saturated rings. The number of alkyl halides is 3. The minimum atomic E-state index is -4.43. The molecule has 0 bridgehead atoms. The Balaban J connectivity index is 1.40. The second-order valence-electron chi connectivity index (χ2n) is 7.96. The number of benzene rings is 3. The van der Waals surface area contributed by atoms with E-state index in [0.717, 1.165) is 12.1 Å². The Hall–Kier alpha value is -3.30. The van der Waals surface area contributed by atoms with Crippen molar-refractivity contribution in [3.8, 4) is 5.69 Å². The molecule has 0 saturated heterocycles. The number of fused-ring (bicyclic) bond motifs is 1. The first-order valence-corrected chi connectivity index (χ1v) is 12.4. The highest BCUT2D eigenvalue weighted by Crippen LogP contribution is 2.29. The number of para-hydroxylation sites is 1. The van der Waals surface area contributed by atoms with Crippen LogP contribution in [0.25, 0.3) is 16.6 Å². The summed E-state index contributed by atoms with van der Waals surface area (Å²) in [5.41, 5.74) is 0.566. The monoisotopic (exact) mass is 531 g/mol. The van der Waals surface area contributed by atoms with Crippen molar-refractivity contribution in [2.45, 2.75) is 30.7 Å². The number of aromatic nitrogens is 2. The average Bonchev–Trinajstić information content (AvgIpc) is 2.85. The predicted octanol–water partition coefficient (Wildman–Crippen LogP) is 6.25. The quantitative estimate of drug-likeness (QED) is 0.166. The number of carbonyl (C=O) groups is 1. The van der Waals surface area contributed by atoms with Crippen LogP contribution in [0.4, 0.5) is 13.2 Å². The van der Waals surface area contributed by atoms with E-state index in [-0.39, 0.29) is 24.4 Å². The third-order valence-electron chi connectivity index (χ3n) is 5.33. The lowest BCUT2D eigenvalue weighted by molar-refractivity contribution is -0.137. The van der Waals surface area contributed by atoms with E-state index in [9.17, 15) is 22.8 Å². The van der Waals surface area contributed by atoms with E-state index < -0.39 is 11.7 Å². The molecule has 1 N–H and O–H groups in total. The van der Waals surface area contributed by atoms with Crippen LogP contribution < -0.4 is 10.9 Å². The molecule has 0 saturated carbocycles. The predicted molar refractivity (Wildman–Crippen MR) is 136 cm³/mol. The second-order valence-corrected chi connectivity index (χ2v) is 9.46. The summed E-state index contributed by atoms with van der Waals surface area (Å²) in [4.78, 5) is 30.1. The van der Waals surface area contributed by atoms with Crippen LogP contribution in [0.2, 0.25) is 5.02 Å². The van der Waals surface area contributed by atoms with Crippen LogP contribution in [0.5, 0.6) is 0 Å². The molecule has 0 atom stereocenters. The Kier molecular flexibility index (Phi) is 8.01. The van der Waals surface area contributed by atoms with Crippen LogP contribution >= 0.6 is 23.4 Å². The molecule has 3 aromatic carbocycles. The topological polar surface area (TPSA) is 64.0 Å². The summed E-state index contributed by atoms with van der Waals surface area (Å²) >= 11 is 7.48. The first-order valence-electron chi connectivity index (χ1n) is 11.1. The number of halogens is 4. The summed E-state index contributed by atoms with van der Waals surface area (Å²) in [7, 11) is 0. The van der Waals surface area contributed by atoms with Crippen LogP contribution in [-0.4, -0.2) is 21.2 Å². The van der Waals surface area contributed by atoms with Crippen LogP contribution in [0.1, 0.15) is 24.0 Å². The van der Waals surface area contributed by atoms with Crippen molar-refractivity contribution in [1.29, 1.82) is 0 Å². The zero-order valence-electron chi connectivity index (χ0n) is 18.9. The molecule has 0 unspecified atom stereocenters. The van der Waals surface area contributed by atoms with E-state index in [1.807, 2.05) is 6.07 Å². The van der Waals surface area contributed by atoms with Gasteiger partial charge >= 0.3 is 6.18 Å². The summed E-state index contributed by atoms with van der Waals surface area (Å²) in [6.45, 7) is 0.0104. The van der Waals surface area contributed by atoms with E-state index in [1.165, 1.54) is 28.5 Å². The number of thioether (sulfide) groups is 1. The average molecular weight is 532 g/mol. The van der Waals surface area contributed by atoms with E-state index in [0.29, 0.717) is 44.5 Å². The first-order chi connectivity index (χ1) is 17.2. The van der Waals surface area contributed by atoms with Crippen molar-refractivity contribution in [2.24, 2.45) is 0 Å². The number of nitrogens with one attached hydrogen (secondary N) is 1. The molecular weight excluding hydrogens is 511 g/mol. The largest absolute Gasteiger partial charge is 0.416 e. The van der Waals surface area contributed by atoms with E-state index in [4.69, 9.17) is 11.6 Å². The van der Waals surface area contributed by atoms with E-state index in [2.05, 4.69) is 10.3 Å². The molecule has 0 aliphatic heterocycles. The Bertz CT molecular complexity index is 1460. The molecule has 10 heteroatoms. The van der Waals surface area contributed by atoms with Gasteiger partial charge in [-0.3, -0.25) is 14.2 Å². The highest BCUT2D eigenvalue weighted by molar-refractivity contribution is 7.99. The van der Waals surface area contributed by atoms with Crippen LogP contribution in [0, 0.1) is 0 Å². The van der Waals surface area contributed by atoms with Crippen molar-refractivity contribution in [3.05, 3.63) is 99.3 Å². The van der Waals surface area contributed by atoms with Gasteiger partial charge in [0.05, 0.1) is 22.2 Å². The molecule has 4 aromatic rings. The van der Waals surface area contributed by atoms with Gasteiger partial charge in [-0.15, -0.1) is 0 Å². The van der Waals surface area contributed by atoms with Gasteiger partial charge in [0.25, 0.3) is 5.56 Å². The number of amides is 1. The number of hydrogen-bond donors (Lipinski definition) is 1. The van der Waals surface area contributed by atoms with E-state index in [1.54, 1.807) is 42.5 Å². The molecule has 4 rings (SSSR count).